The number of piperidine rings is 1. The van der Waals surface area contributed by atoms with Gasteiger partial charge in [-0.05, 0) is 39.7 Å². The number of unbranched alkanes of at least 4 members (excludes halogenated alkanes) is 1. The summed E-state index contributed by atoms with van der Waals surface area (Å²) in [4.78, 5) is 36.1. The third kappa shape index (κ3) is 2.49. The van der Waals surface area contributed by atoms with E-state index in [1.165, 1.54) is 4.90 Å². The zero-order valence-corrected chi connectivity index (χ0v) is 11.4. The normalized spacial score (nSPS) is 28.2. The fraction of sp³-hybridized carbons (Fsp3) is 0.769. The van der Waals surface area contributed by atoms with Gasteiger partial charge in [0.15, 0.2) is 0 Å². The van der Waals surface area contributed by atoms with Crippen molar-refractivity contribution in [3.63, 3.8) is 0 Å². The van der Waals surface area contributed by atoms with Crippen LogP contribution in [0.3, 0.4) is 0 Å². The van der Waals surface area contributed by atoms with Crippen LogP contribution in [0.15, 0.2) is 0 Å². The molecular weight excluding hydrogens is 246 g/mol. The van der Waals surface area contributed by atoms with Gasteiger partial charge in [0.2, 0.25) is 17.7 Å². The molecule has 3 atom stereocenters. The predicted molar refractivity (Wildman–Crippen MR) is 68.8 cm³/mol. The molecule has 0 aromatic heterocycles. The Morgan fingerprint density at radius 2 is 1.95 bits per heavy atom. The Labute approximate surface area is 112 Å². The van der Waals surface area contributed by atoms with Crippen molar-refractivity contribution in [3.8, 4) is 0 Å². The average Bonchev–Trinajstić information content (AvgIpc) is 3.12. The van der Waals surface area contributed by atoms with E-state index in [0.717, 1.165) is 12.8 Å². The van der Waals surface area contributed by atoms with Gasteiger partial charge in [-0.15, -0.1) is 0 Å². The molecule has 2 aliphatic rings. The van der Waals surface area contributed by atoms with E-state index in [2.05, 4.69) is 5.32 Å². The van der Waals surface area contributed by atoms with Crippen molar-refractivity contribution in [2.45, 2.75) is 38.1 Å². The minimum absolute atomic E-state index is 0.0127. The zero-order valence-electron chi connectivity index (χ0n) is 11.4. The van der Waals surface area contributed by atoms with E-state index in [1.807, 2.05) is 0 Å². The molecule has 0 aromatic rings. The molecule has 106 valence electrons. The van der Waals surface area contributed by atoms with Crippen LogP contribution in [0.5, 0.6) is 0 Å². The maximum atomic E-state index is 11.7. The molecule has 3 unspecified atom stereocenters. The number of amides is 3. The highest BCUT2D eigenvalue weighted by Crippen LogP contribution is 2.46. The fourth-order valence-electron chi connectivity index (χ4n) is 2.59. The minimum Gasteiger partial charge on any atom is -0.368 e. The van der Waals surface area contributed by atoms with Crippen molar-refractivity contribution in [2.75, 3.05) is 13.6 Å². The molecule has 1 aliphatic heterocycles. The van der Waals surface area contributed by atoms with E-state index in [1.54, 1.807) is 14.0 Å². The number of rotatable bonds is 7. The van der Waals surface area contributed by atoms with E-state index >= 15 is 0 Å². The molecule has 19 heavy (non-hydrogen) atoms. The first-order chi connectivity index (χ1) is 8.90. The standard InChI is InChI=1S/C13H21N3O3/c1-13(15-2,12(14)19)5-3-4-6-16-10(17)8-7-9(8)11(16)18/h8-9,15H,3-7H2,1-2H3,(H2,14,19). The van der Waals surface area contributed by atoms with Gasteiger partial charge in [-0.25, -0.2) is 0 Å². The van der Waals surface area contributed by atoms with E-state index < -0.39 is 5.54 Å². The molecule has 0 aromatic carbocycles. The summed E-state index contributed by atoms with van der Waals surface area (Å²) >= 11 is 0. The lowest BCUT2D eigenvalue weighted by Crippen LogP contribution is -2.51. The Balaban J connectivity index is 1.74. The van der Waals surface area contributed by atoms with Gasteiger partial charge in [0, 0.05) is 6.54 Å². The van der Waals surface area contributed by atoms with E-state index in [9.17, 15) is 14.4 Å². The Kier molecular flexibility index (Phi) is 3.62. The SMILES string of the molecule is CNC(C)(CCCCN1C(=O)C2CC2C1=O)C(N)=O. The number of likely N-dealkylation sites (N-methyl/N-ethyl adjacent to an activating group) is 1. The van der Waals surface area contributed by atoms with E-state index in [4.69, 9.17) is 5.73 Å². The maximum Gasteiger partial charge on any atom is 0.237 e. The number of carbonyl (C=O) groups is 3. The molecule has 1 heterocycles. The molecular formula is C13H21N3O3. The van der Waals surface area contributed by atoms with Crippen LogP contribution in [0.2, 0.25) is 0 Å². The third-order valence-electron chi connectivity index (χ3n) is 4.36. The fourth-order valence-corrected chi connectivity index (χ4v) is 2.59. The van der Waals surface area contributed by atoms with E-state index in [-0.39, 0.29) is 29.6 Å². The van der Waals surface area contributed by atoms with Gasteiger partial charge in [-0.1, -0.05) is 0 Å². The summed E-state index contributed by atoms with van der Waals surface area (Å²) in [5.41, 5.74) is 4.61. The van der Waals surface area contributed by atoms with Gasteiger partial charge in [0.25, 0.3) is 0 Å². The molecule has 2 rings (SSSR count). The highest BCUT2D eigenvalue weighted by molar-refractivity contribution is 6.08. The topological polar surface area (TPSA) is 92.5 Å². The molecule has 2 fully saturated rings. The Morgan fingerprint density at radius 1 is 1.37 bits per heavy atom. The minimum atomic E-state index is -0.721. The third-order valence-corrected chi connectivity index (χ3v) is 4.36. The van der Waals surface area contributed by atoms with Crippen LogP contribution in [-0.2, 0) is 14.4 Å². The summed E-state index contributed by atoms with van der Waals surface area (Å²) in [6, 6.07) is 0. The van der Waals surface area contributed by atoms with Gasteiger partial charge < -0.3 is 11.1 Å². The van der Waals surface area contributed by atoms with Crippen LogP contribution >= 0.6 is 0 Å². The summed E-state index contributed by atoms with van der Waals surface area (Å²) in [5, 5.41) is 2.92. The summed E-state index contributed by atoms with van der Waals surface area (Å²) in [7, 11) is 1.70. The van der Waals surface area contributed by atoms with Gasteiger partial charge in [0.1, 0.15) is 0 Å². The average molecular weight is 267 g/mol. The maximum absolute atomic E-state index is 11.7. The number of hydrogen-bond donors (Lipinski definition) is 2. The van der Waals surface area contributed by atoms with Crippen molar-refractivity contribution >= 4 is 17.7 Å². The number of nitrogens with two attached hydrogens (primary N) is 1. The summed E-state index contributed by atoms with van der Waals surface area (Å²) in [6.07, 6.45) is 2.80. The Bertz CT molecular complexity index is 403. The Morgan fingerprint density at radius 3 is 2.42 bits per heavy atom. The Hall–Kier alpha value is -1.43. The molecule has 0 spiro atoms. The first-order valence-electron chi connectivity index (χ1n) is 6.75. The monoisotopic (exact) mass is 267 g/mol. The first kappa shape index (κ1) is 14.0. The predicted octanol–water partition coefficient (Wildman–Crippen LogP) is -0.375. The summed E-state index contributed by atoms with van der Waals surface area (Å²) in [5.74, 6) is -0.464. The highest BCUT2D eigenvalue weighted by atomic mass is 16.2. The van der Waals surface area contributed by atoms with Gasteiger partial charge >= 0.3 is 0 Å². The number of fused-ring (bicyclic) bond motifs is 1. The lowest BCUT2D eigenvalue weighted by molar-refractivity contribution is -0.141. The van der Waals surface area contributed by atoms with Crippen molar-refractivity contribution in [2.24, 2.45) is 17.6 Å². The number of hydrogen-bond acceptors (Lipinski definition) is 4. The van der Waals surface area contributed by atoms with Crippen LogP contribution in [-0.4, -0.2) is 41.8 Å². The lowest BCUT2D eigenvalue weighted by atomic mass is 9.94. The molecule has 6 nitrogen and oxygen atoms in total. The number of primary amides is 1. The smallest absolute Gasteiger partial charge is 0.237 e. The second-order valence-corrected chi connectivity index (χ2v) is 5.68. The highest BCUT2D eigenvalue weighted by Gasteiger charge is 2.58. The molecule has 1 saturated carbocycles. The molecule has 3 N–H and O–H groups in total. The summed E-state index contributed by atoms with van der Waals surface area (Å²) in [6.45, 7) is 2.22. The summed E-state index contributed by atoms with van der Waals surface area (Å²) < 4.78 is 0. The molecule has 6 heteroatoms. The van der Waals surface area contributed by atoms with Crippen molar-refractivity contribution in [1.29, 1.82) is 0 Å². The second kappa shape index (κ2) is 4.92. The zero-order chi connectivity index (χ0) is 14.2. The number of imide groups is 1. The number of nitrogens with zero attached hydrogens (tertiary/aromatic N) is 1. The molecule has 0 bridgehead atoms. The van der Waals surface area contributed by atoms with Crippen molar-refractivity contribution in [3.05, 3.63) is 0 Å². The van der Waals surface area contributed by atoms with E-state index in [0.29, 0.717) is 19.4 Å². The second-order valence-electron chi connectivity index (χ2n) is 5.68. The van der Waals surface area contributed by atoms with Crippen LogP contribution in [0, 0.1) is 11.8 Å². The largest absolute Gasteiger partial charge is 0.368 e. The lowest BCUT2D eigenvalue weighted by Gasteiger charge is -2.25. The first-order valence-corrected chi connectivity index (χ1v) is 6.75. The number of carbonyl (C=O) groups excluding carboxylic acids is 3. The molecule has 3 amide bonds. The molecule has 1 aliphatic carbocycles. The molecule has 1 saturated heterocycles. The van der Waals surface area contributed by atoms with Crippen molar-refractivity contribution in [1.82, 2.24) is 10.2 Å². The van der Waals surface area contributed by atoms with Crippen molar-refractivity contribution < 1.29 is 14.4 Å². The quantitative estimate of drug-likeness (QED) is 0.486. The van der Waals surface area contributed by atoms with Gasteiger partial charge in [-0.3, -0.25) is 19.3 Å². The van der Waals surface area contributed by atoms with Crippen LogP contribution in [0.25, 0.3) is 0 Å². The molecule has 0 radical (unpaired) electrons. The van der Waals surface area contributed by atoms with Crippen LogP contribution in [0.4, 0.5) is 0 Å². The van der Waals surface area contributed by atoms with Crippen LogP contribution in [0.1, 0.15) is 32.6 Å². The number of nitrogens with one attached hydrogen (secondary N) is 1. The number of likely N-dealkylation sites (tertiary alicyclic amines) is 1. The van der Waals surface area contributed by atoms with Gasteiger partial charge in [-0.2, -0.15) is 0 Å². The van der Waals surface area contributed by atoms with Crippen LogP contribution < -0.4 is 11.1 Å². The van der Waals surface area contributed by atoms with Gasteiger partial charge in [0.05, 0.1) is 17.4 Å².